The summed E-state index contributed by atoms with van der Waals surface area (Å²) in [6.07, 6.45) is 4.40. The molecule has 0 bridgehead atoms. The Balaban J connectivity index is 0.00000420. The Hall–Kier alpha value is -1.61. The summed E-state index contributed by atoms with van der Waals surface area (Å²) in [6.45, 7) is 13.7. The van der Waals surface area contributed by atoms with Gasteiger partial charge >= 0.3 is 0 Å². The van der Waals surface area contributed by atoms with Gasteiger partial charge in [0.1, 0.15) is 6.54 Å². The number of amides is 1. The third kappa shape index (κ3) is 10.1. The Labute approximate surface area is 192 Å². The largest absolute Gasteiger partial charge is 0.357 e. The van der Waals surface area contributed by atoms with E-state index in [4.69, 9.17) is 0 Å². The van der Waals surface area contributed by atoms with E-state index in [9.17, 15) is 4.79 Å². The summed E-state index contributed by atoms with van der Waals surface area (Å²) in [5, 5.41) is 6.27. The van der Waals surface area contributed by atoms with E-state index in [1.54, 1.807) is 0 Å². The summed E-state index contributed by atoms with van der Waals surface area (Å²) in [5.74, 6) is 0.777. The first-order chi connectivity index (χ1) is 13.4. The molecule has 1 saturated heterocycles. The summed E-state index contributed by atoms with van der Waals surface area (Å²) in [4.78, 5) is 21.3. The van der Waals surface area contributed by atoms with E-state index in [1.807, 2.05) is 26.8 Å². The van der Waals surface area contributed by atoms with Crippen LogP contribution in [0.15, 0.2) is 41.4 Å². The average molecular weight is 513 g/mol. The third-order valence-corrected chi connectivity index (χ3v) is 4.37. The molecule has 1 heterocycles. The number of benzene rings is 1. The van der Waals surface area contributed by atoms with Crippen molar-refractivity contribution >= 4 is 41.9 Å². The van der Waals surface area contributed by atoms with Crippen molar-refractivity contribution in [1.29, 1.82) is 0 Å². The monoisotopic (exact) mass is 513 g/mol. The minimum atomic E-state index is -0.232. The number of guanidine groups is 1. The molecule has 1 aliphatic heterocycles. The second kappa shape index (κ2) is 12.8. The number of nitrogens with one attached hydrogen (secondary N) is 2. The maximum Gasteiger partial charge on any atom is 0.242 e. The molecule has 1 aromatic rings. The number of rotatable bonds is 6. The lowest BCUT2D eigenvalue weighted by Gasteiger charge is -2.36. The number of piperazine rings is 1. The topological polar surface area (TPSA) is 60.0 Å². The first kappa shape index (κ1) is 25.4. The van der Waals surface area contributed by atoms with Crippen LogP contribution in [0.2, 0.25) is 0 Å². The van der Waals surface area contributed by atoms with Crippen molar-refractivity contribution in [1.82, 2.24) is 20.4 Å². The Kier molecular flexibility index (Phi) is 11.3. The predicted molar refractivity (Wildman–Crippen MR) is 133 cm³/mol. The lowest BCUT2D eigenvalue weighted by molar-refractivity contribution is -0.121. The minimum Gasteiger partial charge on any atom is -0.357 e. The van der Waals surface area contributed by atoms with Crippen LogP contribution in [0, 0.1) is 0 Å². The molecule has 0 aromatic heterocycles. The number of hydrogen-bond acceptors (Lipinski definition) is 3. The Bertz CT molecular complexity index is 662. The van der Waals surface area contributed by atoms with Crippen LogP contribution in [-0.4, -0.2) is 73.0 Å². The van der Waals surface area contributed by atoms with Gasteiger partial charge in [-0.2, -0.15) is 0 Å². The van der Waals surface area contributed by atoms with Crippen LogP contribution < -0.4 is 10.6 Å². The predicted octanol–water partition coefficient (Wildman–Crippen LogP) is 2.82. The Morgan fingerprint density at radius 3 is 2.38 bits per heavy atom. The first-order valence-corrected chi connectivity index (χ1v) is 10.2. The number of carbonyl (C=O) groups excluding carboxylic acids is 1. The van der Waals surface area contributed by atoms with Gasteiger partial charge in [0.25, 0.3) is 0 Å². The van der Waals surface area contributed by atoms with Crippen molar-refractivity contribution in [3.8, 4) is 0 Å². The molecule has 6 nitrogen and oxygen atoms in total. The van der Waals surface area contributed by atoms with Crippen molar-refractivity contribution in [2.24, 2.45) is 4.99 Å². The van der Waals surface area contributed by atoms with Gasteiger partial charge in [0.2, 0.25) is 5.91 Å². The van der Waals surface area contributed by atoms with Crippen molar-refractivity contribution in [2.75, 3.05) is 45.8 Å². The van der Waals surface area contributed by atoms with E-state index in [1.165, 1.54) is 5.56 Å². The molecule has 2 N–H and O–H groups in total. The van der Waals surface area contributed by atoms with E-state index >= 15 is 0 Å². The molecule has 1 amide bonds. The fraction of sp³-hybridized carbons (Fsp3) is 0.545. The fourth-order valence-corrected chi connectivity index (χ4v) is 3.07. The van der Waals surface area contributed by atoms with Gasteiger partial charge in [-0.25, -0.2) is 4.99 Å². The molecule has 1 fully saturated rings. The number of aliphatic imine (C=N–C) groups is 1. The molecule has 0 saturated carbocycles. The number of carbonyl (C=O) groups is 1. The van der Waals surface area contributed by atoms with Gasteiger partial charge < -0.3 is 15.5 Å². The molecule has 1 aromatic carbocycles. The quantitative estimate of drug-likeness (QED) is 0.349. The molecule has 0 aliphatic carbocycles. The average Bonchev–Trinajstić information content (AvgIpc) is 2.65. The number of hydrogen-bond donors (Lipinski definition) is 2. The SMILES string of the molecule is CCNC(=NCC(=O)NC(C)(C)C)N1CCN(C/C=C/c2ccccc2)CC1.I. The number of halogens is 1. The molecule has 162 valence electrons. The van der Waals surface area contributed by atoms with Crippen LogP contribution in [-0.2, 0) is 4.79 Å². The molecule has 0 spiro atoms. The van der Waals surface area contributed by atoms with Gasteiger partial charge in [0.15, 0.2) is 5.96 Å². The van der Waals surface area contributed by atoms with E-state index in [2.05, 4.69) is 68.8 Å². The van der Waals surface area contributed by atoms with Crippen LogP contribution >= 0.6 is 24.0 Å². The fourth-order valence-electron chi connectivity index (χ4n) is 3.07. The van der Waals surface area contributed by atoms with E-state index in [0.717, 1.165) is 45.2 Å². The lowest BCUT2D eigenvalue weighted by Crippen LogP contribution is -2.52. The molecule has 0 radical (unpaired) electrons. The van der Waals surface area contributed by atoms with Crippen LogP contribution in [0.3, 0.4) is 0 Å². The van der Waals surface area contributed by atoms with Gasteiger partial charge in [-0.3, -0.25) is 9.69 Å². The van der Waals surface area contributed by atoms with Crippen molar-refractivity contribution in [3.63, 3.8) is 0 Å². The zero-order chi connectivity index (χ0) is 20.4. The molecule has 0 unspecified atom stereocenters. The van der Waals surface area contributed by atoms with Crippen LogP contribution in [0.25, 0.3) is 6.08 Å². The Morgan fingerprint density at radius 1 is 1.14 bits per heavy atom. The zero-order valence-corrected chi connectivity index (χ0v) is 20.5. The number of nitrogens with zero attached hydrogens (tertiary/aromatic N) is 3. The van der Waals surface area contributed by atoms with Gasteiger partial charge in [0.05, 0.1) is 0 Å². The molecule has 29 heavy (non-hydrogen) atoms. The molecular weight excluding hydrogens is 477 g/mol. The molecular formula is C22H36IN5O. The maximum atomic E-state index is 12.1. The van der Waals surface area contributed by atoms with Crippen molar-refractivity contribution < 1.29 is 4.79 Å². The van der Waals surface area contributed by atoms with E-state index in [-0.39, 0.29) is 42.0 Å². The first-order valence-electron chi connectivity index (χ1n) is 10.2. The highest BCUT2D eigenvalue weighted by molar-refractivity contribution is 14.0. The smallest absolute Gasteiger partial charge is 0.242 e. The van der Waals surface area contributed by atoms with E-state index in [0.29, 0.717) is 0 Å². The normalized spacial score (nSPS) is 15.9. The molecule has 0 atom stereocenters. The van der Waals surface area contributed by atoms with Crippen LogP contribution in [0.5, 0.6) is 0 Å². The van der Waals surface area contributed by atoms with Crippen molar-refractivity contribution in [3.05, 3.63) is 42.0 Å². The van der Waals surface area contributed by atoms with Gasteiger partial charge in [-0.1, -0.05) is 42.5 Å². The van der Waals surface area contributed by atoms with Crippen LogP contribution in [0.4, 0.5) is 0 Å². The van der Waals surface area contributed by atoms with Gasteiger partial charge in [-0.05, 0) is 33.3 Å². The summed E-state index contributed by atoms with van der Waals surface area (Å²) in [7, 11) is 0. The standard InChI is InChI=1S/C22H35N5O.HI/c1-5-23-21(24-18-20(28)25-22(2,3)4)27-16-14-26(15-17-27)13-9-12-19-10-7-6-8-11-19;/h6-12H,5,13-18H2,1-4H3,(H,23,24)(H,25,28);1H/b12-9+;. The van der Waals surface area contributed by atoms with Gasteiger partial charge in [0, 0.05) is 44.8 Å². The summed E-state index contributed by atoms with van der Waals surface area (Å²) in [5.41, 5.74) is 1.00. The highest BCUT2D eigenvalue weighted by Gasteiger charge is 2.19. The second-order valence-corrected chi connectivity index (χ2v) is 8.07. The Morgan fingerprint density at radius 2 is 1.79 bits per heavy atom. The highest BCUT2D eigenvalue weighted by atomic mass is 127. The van der Waals surface area contributed by atoms with E-state index < -0.39 is 0 Å². The van der Waals surface area contributed by atoms with Crippen molar-refractivity contribution in [2.45, 2.75) is 33.2 Å². The second-order valence-electron chi connectivity index (χ2n) is 8.07. The van der Waals surface area contributed by atoms with Gasteiger partial charge in [-0.15, -0.1) is 24.0 Å². The molecule has 2 rings (SSSR count). The summed E-state index contributed by atoms with van der Waals surface area (Å²) in [6, 6.07) is 10.4. The zero-order valence-electron chi connectivity index (χ0n) is 18.1. The minimum absolute atomic E-state index is 0. The van der Waals surface area contributed by atoms with Crippen LogP contribution in [0.1, 0.15) is 33.3 Å². The lowest BCUT2D eigenvalue weighted by atomic mass is 10.1. The third-order valence-electron chi connectivity index (χ3n) is 4.37. The summed E-state index contributed by atoms with van der Waals surface area (Å²) >= 11 is 0. The summed E-state index contributed by atoms with van der Waals surface area (Å²) < 4.78 is 0. The highest BCUT2D eigenvalue weighted by Crippen LogP contribution is 2.05. The molecule has 7 heteroatoms. The molecule has 1 aliphatic rings. The maximum absolute atomic E-state index is 12.1.